The van der Waals surface area contributed by atoms with Crippen LogP contribution in [0.3, 0.4) is 0 Å². The fourth-order valence-corrected chi connectivity index (χ4v) is 16.4. The Morgan fingerprint density at radius 1 is 0.704 bits per heavy atom. The molecule has 27 heavy (non-hydrogen) atoms. The summed E-state index contributed by atoms with van der Waals surface area (Å²) >= 11 is -2.34. The maximum atomic E-state index is 7.19. The van der Waals surface area contributed by atoms with E-state index in [-0.39, 0.29) is 7.43 Å². The van der Waals surface area contributed by atoms with Gasteiger partial charge in [-0.05, 0) is 0 Å². The first kappa shape index (κ1) is 24.6. The fourth-order valence-electron chi connectivity index (χ4n) is 3.58. The second kappa shape index (κ2) is 12.9. The van der Waals surface area contributed by atoms with Crippen molar-refractivity contribution >= 4 is 26.2 Å². The van der Waals surface area contributed by atoms with Gasteiger partial charge in [0.1, 0.15) is 0 Å². The van der Waals surface area contributed by atoms with Gasteiger partial charge in [0.25, 0.3) is 0 Å². The number of unbranched alkanes of at least 4 members (excludes halogenated alkanes) is 2. The Hall–Kier alpha value is -0.471. The third-order valence-electron chi connectivity index (χ3n) is 5.39. The van der Waals surface area contributed by atoms with Crippen LogP contribution in [0.1, 0.15) is 64.5 Å². The van der Waals surface area contributed by atoms with Gasteiger partial charge < -0.3 is 0 Å². The molecule has 0 aromatic heterocycles. The normalized spacial score (nSPS) is 11.3. The van der Waals surface area contributed by atoms with E-state index in [2.05, 4.69) is 69.3 Å². The molecule has 2 rings (SSSR count). The van der Waals surface area contributed by atoms with E-state index in [9.17, 15) is 0 Å². The molecular weight excluding hydrogens is 454 g/mol. The molecule has 0 bridgehead atoms. The number of hydrogen-bond acceptors (Lipinski definition) is 0. The number of aryl methyl sites for hydroxylation is 2. The van der Waals surface area contributed by atoms with Crippen LogP contribution in [0.5, 0.6) is 0 Å². The summed E-state index contributed by atoms with van der Waals surface area (Å²) in [6, 6.07) is 17.9. The predicted molar refractivity (Wildman–Crippen MR) is 128 cm³/mol. The van der Waals surface area contributed by atoms with Crippen molar-refractivity contribution in [1.82, 2.24) is 0 Å². The molecule has 0 saturated heterocycles. The van der Waals surface area contributed by atoms with Gasteiger partial charge in [-0.25, -0.2) is 0 Å². The van der Waals surface area contributed by atoms with Crippen molar-refractivity contribution in [2.24, 2.45) is 0 Å². The monoisotopic (exact) mass is 494 g/mol. The Morgan fingerprint density at radius 3 is 1.63 bits per heavy atom. The maximum absolute atomic E-state index is 7.19. The number of benzene rings is 2. The third kappa shape index (κ3) is 8.60. The van der Waals surface area contributed by atoms with E-state index in [4.69, 9.17) is 8.92 Å². The summed E-state index contributed by atoms with van der Waals surface area (Å²) < 4.78 is 4.09. The molecule has 0 aliphatic heterocycles. The van der Waals surface area contributed by atoms with Gasteiger partial charge in [0.2, 0.25) is 0 Å². The van der Waals surface area contributed by atoms with Crippen LogP contribution < -0.4 is 0 Å². The zero-order valence-electron chi connectivity index (χ0n) is 16.9. The molecule has 2 aromatic carbocycles. The topological polar surface area (TPSA) is 0 Å². The molecule has 0 heterocycles. The molecule has 2 aromatic rings. The Balaban J connectivity index is 0.00000364. The minimum atomic E-state index is -2.34. The summed E-state index contributed by atoms with van der Waals surface area (Å²) in [5.41, 5.74) is 5.38. The first-order valence-corrected chi connectivity index (χ1v) is 20.1. The van der Waals surface area contributed by atoms with E-state index in [0.29, 0.717) is 0 Å². The fraction of sp³-hybridized carbons (Fsp3) is 0.520. The van der Waals surface area contributed by atoms with Gasteiger partial charge in [-0.1, -0.05) is 7.43 Å². The van der Waals surface area contributed by atoms with Crippen molar-refractivity contribution in [1.29, 1.82) is 0 Å². The van der Waals surface area contributed by atoms with Crippen LogP contribution in [-0.2, 0) is 6.42 Å². The molecule has 0 aliphatic rings. The average Bonchev–Trinajstić information content (AvgIpc) is 2.66. The number of hydrogen-bond donors (Lipinski definition) is 0. The first-order chi connectivity index (χ1) is 12.6. The van der Waals surface area contributed by atoms with Crippen LogP contribution in [0, 0.1) is 6.92 Å². The standard InChI is InChI=1S/C16H17.2C4H9.CH4.ClH.Sn/c1-3-4-14-7-11-16(12-8-14)15-9-5-13(2)6-10-15;2*1-3-4-2;;;/h5-12H,1,3-4H2,2H3;2*1,3-4H2,2H3;1H4;1H;/q;;;;;+1/p-1. The minimum absolute atomic E-state index is 0. The Bertz CT molecular complexity index is 622. The summed E-state index contributed by atoms with van der Waals surface area (Å²) in [6.07, 6.45) is 7.72. The molecule has 0 N–H and O–H groups in total. The van der Waals surface area contributed by atoms with Crippen LogP contribution in [0.25, 0.3) is 11.1 Å². The van der Waals surface area contributed by atoms with Gasteiger partial charge >= 0.3 is 170 Å². The molecule has 0 spiro atoms. The SMILES string of the molecule is C.CCC[CH2][Sn]([Cl])([CH2]CCC)[CH2]CCc1ccc(-c2ccc(C)cc2)cc1. The molecule has 0 amide bonds. The van der Waals surface area contributed by atoms with Crippen LogP contribution in [0.4, 0.5) is 0 Å². The summed E-state index contributed by atoms with van der Waals surface area (Å²) in [5, 5.41) is 0. The van der Waals surface area contributed by atoms with Gasteiger partial charge in [-0.2, -0.15) is 0 Å². The van der Waals surface area contributed by atoms with E-state index in [0.717, 1.165) is 0 Å². The quantitative estimate of drug-likeness (QED) is 0.274. The van der Waals surface area contributed by atoms with Crippen molar-refractivity contribution in [2.75, 3.05) is 0 Å². The molecule has 2 heteroatoms. The zero-order chi connectivity index (χ0) is 18.8. The van der Waals surface area contributed by atoms with Crippen molar-refractivity contribution in [3.05, 3.63) is 59.7 Å². The van der Waals surface area contributed by atoms with E-state index in [1.165, 1.54) is 74.1 Å². The Morgan fingerprint density at radius 2 is 1.15 bits per heavy atom. The van der Waals surface area contributed by atoms with Crippen LogP contribution in [-0.4, -0.2) is 17.3 Å². The summed E-state index contributed by atoms with van der Waals surface area (Å²) in [6.45, 7) is 6.72. The molecule has 0 atom stereocenters. The number of halogens is 1. The van der Waals surface area contributed by atoms with E-state index in [1.807, 2.05) is 0 Å². The first-order valence-electron chi connectivity index (χ1n) is 10.4. The van der Waals surface area contributed by atoms with E-state index in [1.54, 1.807) is 0 Å². The molecule has 0 aliphatic carbocycles. The summed E-state index contributed by atoms with van der Waals surface area (Å²) in [7, 11) is 7.19. The van der Waals surface area contributed by atoms with Crippen LogP contribution in [0.15, 0.2) is 48.5 Å². The number of rotatable bonds is 11. The average molecular weight is 494 g/mol. The second-order valence-electron chi connectivity index (χ2n) is 7.77. The summed E-state index contributed by atoms with van der Waals surface area (Å²) in [5.74, 6) is 0. The summed E-state index contributed by atoms with van der Waals surface area (Å²) in [4.78, 5) is 0. The molecule has 0 radical (unpaired) electrons. The zero-order valence-corrected chi connectivity index (χ0v) is 20.5. The van der Waals surface area contributed by atoms with Gasteiger partial charge in [0.15, 0.2) is 0 Å². The van der Waals surface area contributed by atoms with Crippen molar-refractivity contribution in [3.8, 4) is 11.1 Å². The van der Waals surface area contributed by atoms with Gasteiger partial charge in [-0.15, -0.1) is 0 Å². The Kier molecular flexibility index (Phi) is 11.7. The van der Waals surface area contributed by atoms with Crippen molar-refractivity contribution in [2.45, 2.75) is 80.0 Å². The van der Waals surface area contributed by atoms with Gasteiger partial charge in [0, 0.05) is 0 Å². The van der Waals surface area contributed by atoms with Crippen LogP contribution >= 0.6 is 8.92 Å². The van der Waals surface area contributed by atoms with Crippen LogP contribution in [0.2, 0.25) is 13.3 Å². The van der Waals surface area contributed by atoms with E-state index >= 15 is 0 Å². The molecular formula is C25H39ClSn. The van der Waals surface area contributed by atoms with Crippen molar-refractivity contribution < 1.29 is 0 Å². The third-order valence-corrected chi connectivity index (χ3v) is 19.9. The predicted octanol–water partition coefficient (Wildman–Crippen LogP) is 9.02. The van der Waals surface area contributed by atoms with Gasteiger partial charge in [-0.3, -0.25) is 0 Å². The molecule has 0 unspecified atom stereocenters. The molecule has 0 fully saturated rings. The molecule has 0 saturated carbocycles. The second-order valence-corrected chi connectivity index (χ2v) is 24.0. The molecule has 150 valence electrons. The Labute approximate surface area is 176 Å². The molecule has 0 nitrogen and oxygen atoms in total. The van der Waals surface area contributed by atoms with Gasteiger partial charge in [0.05, 0.1) is 0 Å². The van der Waals surface area contributed by atoms with Crippen molar-refractivity contribution in [3.63, 3.8) is 0 Å². The van der Waals surface area contributed by atoms with E-state index < -0.39 is 17.3 Å².